The lowest BCUT2D eigenvalue weighted by atomic mass is 10.4. The van der Waals surface area contributed by atoms with E-state index in [4.69, 9.17) is 23.2 Å². The second-order valence-electron chi connectivity index (χ2n) is 3.16. The third kappa shape index (κ3) is 2.91. The summed E-state index contributed by atoms with van der Waals surface area (Å²) in [6.07, 6.45) is 1.78. The first kappa shape index (κ1) is 11.8. The Hall–Kier alpha value is -0.700. The van der Waals surface area contributed by atoms with Crippen molar-refractivity contribution in [2.24, 2.45) is 0 Å². The topological polar surface area (TPSA) is 12.9 Å². The highest BCUT2D eigenvalue weighted by Crippen LogP contribution is 2.35. The molecule has 0 N–H and O–H groups in total. The molecule has 0 bridgehead atoms. The molecule has 82 valence electrons. The summed E-state index contributed by atoms with van der Waals surface area (Å²) in [6, 6.07) is 11.4. The molecule has 0 aliphatic carbocycles. The number of rotatable bonds is 3. The van der Waals surface area contributed by atoms with Crippen LogP contribution in [0.1, 0.15) is 5.69 Å². The van der Waals surface area contributed by atoms with Gasteiger partial charge in [-0.25, -0.2) is 0 Å². The number of aromatic nitrogens is 1. The maximum atomic E-state index is 6.07. The number of halogens is 2. The molecule has 4 heteroatoms. The molecule has 0 saturated heterocycles. The zero-order valence-corrected chi connectivity index (χ0v) is 10.7. The van der Waals surface area contributed by atoms with E-state index in [0.29, 0.717) is 10.0 Å². The molecule has 0 unspecified atom stereocenters. The summed E-state index contributed by atoms with van der Waals surface area (Å²) in [5, 5.41) is 1.38. The summed E-state index contributed by atoms with van der Waals surface area (Å²) in [5.74, 6) is 0.768. The predicted molar refractivity (Wildman–Crippen MR) is 70.3 cm³/mol. The smallest absolute Gasteiger partial charge is 0.0557 e. The summed E-state index contributed by atoms with van der Waals surface area (Å²) in [7, 11) is 0. The quantitative estimate of drug-likeness (QED) is 0.751. The normalized spacial score (nSPS) is 10.4. The molecule has 1 aromatic carbocycles. The Morgan fingerprint density at radius 2 is 1.75 bits per heavy atom. The molecule has 0 saturated carbocycles. The van der Waals surface area contributed by atoms with E-state index in [9.17, 15) is 0 Å². The third-order valence-electron chi connectivity index (χ3n) is 2.01. The third-order valence-corrected chi connectivity index (χ3v) is 4.03. The molecular formula is C12H9Cl2NS. The van der Waals surface area contributed by atoms with Crippen molar-refractivity contribution in [2.45, 2.75) is 10.6 Å². The number of pyridine rings is 1. The summed E-state index contributed by atoms with van der Waals surface area (Å²) < 4.78 is 0. The van der Waals surface area contributed by atoms with Gasteiger partial charge in [-0.1, -0.05) is 35.3 Å². The van der Waals surface area contributed by atoms with Crippen LogP contribution >= 0.6 is 35.0 Å². The molecule has 0 spiro atoms. The summed E-state index contributed by atoms with van der Waals surface area (Å²) in [6.45, 7) is 0. The second kappa shape index (κ2) is 5.58. The van der Waals surface area contributed by atoms with Crippen LogP contribution in [0.5, 0.6) is 0 Å². The fraction of sp³-hybridized carbons (Fsp3) is 0.0833. The Morgan fingerprint density at radius 1 is 1.00 bits per heavy atom. The monoisotopic (exact) mass is 269 g/mol. The van der Waals surface area contributed by atoms with E-state index in [1.807, 2.05) is 36.4 Å². The van der Waals surface area contributed by atoms with E-state index < -0.39 is 0 Å². The van der Waals surface area contributed by atoms with Crippen molar-refractivity contribution in [3.05, 3.63) is 58.3 Å². The highest BCUT2D eigenvalue weighted by Gasteiger charge is 2.06. The Balaban J connectivity index is 2.11. The number of hydrogen-bond acceptors (Lipinski definition) is 2. The predicted octanol–water partition coefficient (Wildman–Crippen LogP) is 4.68. The first-order valence-corrected chi connectivity index (χ1v) is 6.48. The fourth-order valence-electron chi connectivity index (χ4n) is 1.25. The fourth-order valence-corrected chi connectivity index (χ4v) is 2.85. The van der Waals surface area contributed by atoms with Crippen LogP contribution in [0.25, 0.3) is 0 Å². The molecule has 16 heavy (non-hydrogen) atoms. The average molecular weight is 270 g/mol. The van der Waals surface area contributed by atoms with Crippen molar-refractivity contribution >= 4 is 35.0 Å². The van der Waals surface area contributed by atoms with Gasteiger partial charge in [0.05, 0.1) is 15.7 Å². The minimum atomic E-state index is 0.688. The highest BCUT2D eigenvalue weighted by molar-refractivity contribution is 7.98. The lowest BCUT2D eigenvalue weighted by molar-refractivity contribution is 1.17. The number of hydrogen-bond donors (Lipinski definition) is 0. The van der Waals surface area contributed by atoms with Gasteiger partial charge in [0.15, 0.2) is 0 Å². The van der Waals surface area contributed by atoms with Crippen molar-refractivity contribution in [1.29, 1.82) is 0 Å². The minimum Gasteiger partial charge on any atom is -0.260 e. The molecule has 2 rings (SSSR count). The van der Waals surface area contributed by atoms with Crippen LogP contribution in [-0.2, 0) is 5.75 Å². The molecule has 1 nitrogen and oxygen atoms in total. The maximum absolute atomic E-state index is 6.07. The SMILES string of the molecule is Clc1cccc(Cl)c1SCc1ccccn1. The van der Waals surface area contributed by atoms with Crippen LogP contribution in [-0.4, -0.2) is 4.98 Å². The molecule has 0 amide bonds. The summed E-state index contributed by atoms with van der Waals surface area (Å²) in [5.41, 5.74) is 1.02. The van der Waals surface area contributed by atoms with Gasteiger partial charge >= 0.3 is 0 Å². The van der Waals surface area contributed by atoms with Crippen LogP contribution < -0.4 is 0 Å². The number of thioether (sulfide) groups is 1. The van der Waals surface area contributed by atoms with Gasteiger partial charge in [-0.05, 0) is 24.3 Å². The largest absolute Gasteiger partial charge is 0.260 e. The van der Waals surface area contributed by atoms with Gasteiger partial charge in [-0.2, -0.15) is 0 Å². The van der Waals surface area contributed by atoms with Gasteiger partial charge < -0.3 is 0 Å². The summed E-state index contributed by atoms with van der Waals surface area (Å²) in [4.78, 5) is 5.16. The number of benzene rings is 1. The van der Waals surface area contributed by atoms with Crippen molar-refractivity contribution in [1.82, 2.24) is 4.98 Å². The molecule has 0 atom stereocenters. The van der Waals surface area contributed by atoms with E-state index >= 15 is 0 Å². The van der Waals surface area contributed by atoms with Gasteiger partial charge in [0.25, 0.3) is 0 Å². The van der Waals surface area contributed by atoms with Crippen LogP contribution in [0.4, 0.5) is 0 Å². The van der Waals surface area contributed by atoms with Crippen molar-refractivity contribution in [3.8, 4) is 0 Å². The van der Waals surface area contributed by atoms with Crippen LogP contribution in [0.2, 0.25) is 10.0 Å². The average Bonchev–Trinajstić information content (AvgIpc) is 2.30. The van der Waals surface area contributed by atoms with Crippen molar-refractivity contribution in [2.75, 3.05) is 0 Å². The Labute approximate surface area is 109 Å². The molecule has 0 fully saturated rings. The van der Waals surface area contributed by atoms with E-state index in [1.54, 1.807) is 18.0 Å². The zero-order chi connectivity index (χ0) is 11.4. The van der Waals surface area contributed by atoms with E-state index in [1.165, 1.54) is 0 Å². The molecule has 1 aromatic heterocycles. The standard InChI is InChI=1S/C12H9Cl2NS/c13-10-5-3-6-11(14)12(10)16-8-9-4-1-2-7-15-9/h1-7H,8H2. The van der Waals surface area contributed by atoms with Crippen LogP contribution in [0, 0.1) is 0 Å². The Kier molecular flexibility index (Phi) is 4.10. The van der Waals surface area contributed by atoms with E-state index in [-0.39, 0.29) is 0 Å². The Bertz CT molecular complexity index is 453. The summed E-state index contributed by atoms with van der Waals surface area (Å²) >= 11 is 13.7. The molecule has 0 aliphatic rings. The van der Waals surface area contributed by atoms with Gasteiger partial charge in [0.2, 0.25) is 0 Å². The first-order valence-electron chi connectivity index (χ1n) is 4.74. The molecular weight excluding hydrogens is 261 g/mol. The van der Waals surface area contributed by atoms with Gasteiger partial charge in [0, 0.05) is 16.8 Å². The molecule has 2 aromatic rings. The molecule has 0 radical (unpaired) electrons. The van der Waals surface area contributed by atoms with E-state index in [2.05, 4.69) is 4.98 Å². The van der Waals surface area contributed by atoms with Crippen molar-refractivity contribution < 1.29 is 0 Å². The first-order chi connectivity index (χ1) is 7.77. The van der Waals surface area contributed by atoms with Crippen LogP contribution in [0.15, 0.2) is 47.5 Å². The molecule has 0 aliphatic heterocycles. The van der Waals surface area contributed by atoms with Gasteiger partial charge in [0.1, 0.15) is 0 Å². The van der Waals surface area contributed by atoms with E-state index in [0.717, 1.165) is 16.3 Å². The highest BCUT2D eigenvalue weighted by atomic mass is 35.5. The second-order valence-corrected chi connectivity index (χ2v) is 4.96. The van der Waals surface area contributed by atoms with Crippen molar-refractivity contribution in [3.63, 3.8) is 0 Å². The lowest BCUT2D eigenvalue weighted by Gasteiger charge is -2.05. The van der Waals surface area contributed by atoms with Crippen LogP contribution in [0.3, 0.4) is 0 Å². The maximum Gasteiger partial charge on any atom is 0.0557 e. The van der Waals surface area contributed by atoms with Gasteiger partial charge in [-0.15, -0.1) is 11.8 Å². The lowest BCUT2D eigenvalue weighted by Crippen LogP contribution is -1.85. The Morgan fingerprint density at radius 3 is 2.38 bits per heavy atom. The molecule has 1 heterocycles. The van der Waals surface area contributed by atoms with Gasteiger partial charge in [-0.3, -0.25) is 4.98 Å². The number of nitrogens with zero attached hydrogens (tertiary/aromatic N) is 1. The zero-order valence-electron chi connectivity index (χ0n) is 8.36. The minimum absolute atomic E-state index is 0.688.